The van der Waals surface area contributed by atoms with Crippen molar-refractivity contribution >= 4 is 5.91 Å². The molecule has 1 aliphatic carbocycles. The number of likely N-dealkylation sites (N-methyl/N-ethyl adjacent to an activating group) is 1. The molecule has 0 aromatic heterocycles. The standard InChI is InChI=1S/C14H28N2O2/c1-6-8-16(13(17)10-15-5)11-9-12(18-7-2)14(11,3)4/h11-12,15H,6-10H2,1-5H3. The molecule has 0 heterocycles. The van der Waals surface area contributed by atoms with Crippen LogP contribution in [0.3, 0.4) is 0 Å². The van der Waals surface area contributed by atoms with E-state index in [1.807, 2.05) is 18.9 Å². The molecule has 0 saturated heterocycles. The van der Waals surface area contributed by atoms with Crippen molar-refractivity contribution in [3.05, 3.63) is 0 Å². The van der Waals surface area contributed by atoms with E-state index in [1.165, 1.54) is 0 Å². The quantitative estimate of drug-likeness (QED) is 0.753. The Morgan fingerprint density at radius 3 is 2.56 bits per heavy atom. The molecule has 1 rings (SSSR count). The lowest BCUT2D eigenvalue weighted by Crippen LogP contribution is -2.64. The van der Waals surface area contributed by atoms with Crippen molar-refractivity contribution in [2.75, 3.05) is 26.7 Å². The summed E-state index contributed by atoms with van der Waals surface area (Å²) in [7, 11) is 1.82. The van der Waals surface area contributed by atoms with Crippen LogP contribution in [0, 0.1) is 5.41 Å². The van der Waals surface area contributed by atoms with E-state index in [2.05, 4.69) is 26.1 Å². The van der Waals surface area contributed by atoms with Crippen LogP contribution in [0.5, 0.6) is 0 Å². The van der Waals surface area contributed by atoms with Crippen molar-refractivity contribution in [1.82, 2.24) is 10.2 Å². The van der Waals surface area contributed by atoms with Crippen LogP contribution in [0.15, 0.2) is 0 Å². The van der Waals surface area contributed by atoms with E-state index in [4.69, 9.17) is 4.74 Å². The summed E-state index contributed by atoms with van der Waals surface area (Å²) >= 11 is 0. The van der Waals surface area contributed by atoms with Crippen molar-refractivity contribution in [3.63, 3.8) is 0 Å². The number of amides is 1. The molecular formula is C14H28N2O2. The molecule has 106 valence electrons. The van der Waals surface area contributed by atoms with E-state index >= 15 is 0 Å². The highest BCUT2D eigenvalue weighted by Crippen LogP contribution is 2.45. The van der Waals surface area contributed by atoms with Crippen LogP contribution >= 0.6 is 0 Å². The summed E-state index contributed by atoms with van der Waals surface area (Å²) in [5.74, 6) is 0.201. The van der Waals surface area contributed by atoms with Gasteiger partial charge in [-0.3, -0.25) is 4.79 Å². The number of nitrogens with one attached hydrogen (secondary N) is 1. The minimum atomic E-state index is 0.0641. The Morgan fingerprint density at radius 1 is 1.44 bits per heavy atom. The molecule has 0 aliphatic heterocycles. The minimum absolute atomic E-state index is 0.0641. The molecule has 1 amide bonds. The fourth-order valence-corrected chi connectivity index (χ4v) is 2.83. The van der Waals surface area contributed by atoms with Crippen molar-refractivity contribution in [1.29, 1.82) is 0 Å². The second-order valence-corrected chi connectivity index (χ2v) is 5.63. The van der Waals surface area contributed by atoms with Gasteiger partial charge >= 0.3 is 0 Å². The Morgan fingerprint density at radius 2 is 2.11 bits per heavy atom. The van der Waals surface area contributed by atoms with Gasteiger partial charge < -0.3 is 15.0 Å². The lowest BCUT2D eigenvalue weighted by Gasteiger charge is -2.55. The molecule has 0 bridgehead atoms. The van der Waals surface area contributed by atoms with Crippen LogP contribution in [0.2, 0.25) is 0 Å². The van der Waals surface area contributed by atoms with Gasteiger partial charge in [0.1, 0.15) is 0 Å². The van der Waals surface area contributed by atoms with E-state index in [9.17, 15) is 4.79 Å². The van der Waals surface area contributed by atoms with Crippen LogP contribution in [0.25, 0.3) is 0 Å². The normalized spacial score (nSPS) is 25.6. The summed E-state index contributed by atoms with van der Waals surface area (Å²) < 4.78 is 5.74. The molecule has 4 nitrogen and oxygen atoms in total. The van der Waals surface area contributed by atoms with E-state index < -0.39 is 0 Å². The van der Waals surface area contributed by atoms with E-state index in [0.717, 1.165) is 26.0 Å². The third-order valence-electron chi connectivity index (χ3n) is 3.98. The van der Waals surface area contributed by atoms with Crippen molar-refractivity contribution in [2.45, 2.75) is 52.7 Å². The maximum Gasteiger partial charge on any atom is 0.236 e. The first-order valence-corrected chi connectivity index (χ1v) is 7.04. The molecule has 18 heavy (non-hydrogen) atoms. The number of carbonyl (C=O) groups is 1. The molecular weight excluding hydrogens is 228 g/mol. The maximum absolute atomic E-state index is 12.1. The number of hydrogen-bond donors (Lipinski definition) is 1. The topological polar surface area (TPSA) is 41.6 Å². The van der Waals surface area contributed by atoms with Crippen LogP contribution in [0.4, 0.5) is 0 Å². The van der Waals surface area contributed by atoms with Crippen molar-refractivity contribution in [3.8, 4) is 0 Å². The Bertz CT molecular complexity index is 279. The highest BCUT2D eigenvalue weighted by molar-refractivity contribution is 5.78. The summed E-state index contributed by atoms with van der Waals surface area (Å²) in [4.78, 5) is 14.2. The van der Waals surface area contributed by atoms with Crippen molar-refractivity contribution < 1.29 is 9.53 Å². The zero-order chi connectivity index (χ0) is 13.8. The third-order valence-corrected chi connectivity index (χ3v) is 3.98. The molecule has 4 heteroatoms. The number of ether oxygens (including phenoxy) is 1. The van der Waals surface area contributed by atoms with Crippen molar-refractivity contribution in [2.24, 2.45) is 5.41 Å². The predicted molar refractivity (Wildman–Crippen MR) is 73.5 cm³/mol. The highest BCUT2D eigenvalue weighted by Gasteiger charge is 2.52. The molecule has 1 N–H and O–H groups in total. The minimum Gasteiger partial charge on any atom is -0.378 e. The summed E-state index contributed by atoms with van der Waals surface area (Å²) in [6.45, 7) is 10.6. The number of nitrogens with zero attached hydrogens (tertiary/aromatic N) is 1. The third kappa shape index (κ3) is 3.04. The SMILES string of the molecule is CCCN(C(=O)CNC)C1CC(OCC)C1(C)C. The number of carbonyl (C=O) groups excluding carboxylic acids is 1. The molecule has 1 aliphatic rings. The van der Waals surface area contributed by atoms with E-state index in [-0.39, 0.29) is 17.4 Å². The molecule has 0 radical (unpaired) electrons. The molecule has 1 saturated carbocycles. The molecule has 2 atom stereocenters. The summed E-state index contributed by atoms with van der Waals surface area (Å²) in [6, 6.07) is 0.315. The van der Waals surface area contributed by atoms with Crippen LogP contribution in [-0.2, 0) is 9.53 Å². The predicted octanol–water partition coefficient (Wildman–Crippen LogP) is 1.65. The molecule has 0 aromatic rings. The Balaban J connectivity index is 2.68. The van der Waals surface area contributed by atoms with Crippen LogP contribution in [-0.4, -0.2) is 49.7 Å². The lowest BCUT2D eigenvalue weighted by molar-refractivity contribution is -0.166. The fourth-order valence-electron chi connectivity index (χ4n) is 2.83. The largest absolute Gasteiger partial charge is 0.378 e. The Hall–Kier alpha value is -0.610. The van der Waals surface area contributed by atoms with E-state index in [1.54, 1.807) is 0 Å². The maximum atomic E-state index is 12.1. The first-order valence-electron chi connectivity index (χ1n) is 7.04. The molecule has 0 aromatic carbocycles. The Labute approximate surface area is 111 Å². The van der Waals surface area contributed by atoms with Gasteiger partial charge in [-0.2, -0.15) is 0 Å². The Kier molecular flexibility index (Phi) is 5.60. The summed E-state index contributed by atoms with van der Waals surface area (Å²) in [5.41, 5.74) is 0.0641. The van der Waals surface area contributed by atoms with E-state index in [0.29, 0.717) is 12.6 Å². The van der Waals surface area contributed by atoms with Crippen LogP contribution in [0.1, 0.15) is 40.5 Å². The zero-order valence-corrected chi connectivity index (χ0v) is 12.5. The second kappa shape index (κ2) is 6.53. The van der Waals surface area contributed by atoms with Gasteiger partial charge in [0.25, 0.3) is 0 Å². The van der Waals surface area contributed by atoms with Gasteiger partial charge in [-0.05, 0) is 26.8 Å². The number of rotatable bonds is 7. The number of hydrogen-bond acceptors (Lipinski definition) is 3. The fraction of sp³-hybridized carbons (Fsp3) is 0.929. The lowest BCUT2D eigenvalue weighted by atomic mass is 9.63. The molecule has 2 unspecified atom stereocenters. The van der Waals surface area contributed by atoms with Gasteiger partial charge in [0.05, 0.1) is 12.6 Å². The average Bonchev–Trinajstić information content (AvgIpc) is 2.32. The molecule has 1 fully saturated rings. The first-order chi connectivity index (χ1) is 8.48. The molecule has 0 spiro atoms. The van der Waals surface area contributed by atoms with Gasteiger partial charge in [0, 0.05) is 24.6 Å². The van der Waals surface area contributed by atoms with Gasteiger partial charge in [-0.1, -0.05) is 20.8 Å². The van der Waals surface area contributed by atoms with Gasteiger partial charge in [0.15, 0.2) is 0 Å². The second-order valence-electron chi connectivity index (χ2n) is 5.63. The van der Waals surface area contributed by atoms with Crippen LogP contribution < -0.4 is 5.32 Å². The average molecular weight is 256 g/mol. The zero-order valence-electron chi connectivity index (χ0n) is 12.5. The summed E-state index contributed by atoms with van der Waals surface area (Å²) in [5, 5.41) is 2.95. The highest BCUT2D eigenvalue weighted by atomic mass is 16.5. The van der Waals surface area contributed by atoms with Gasteiger partial charge in [-0.25, -0.2) is 0 Å². The smallest absolute Gasteiger partial charge is 0.236 e. The first kappa shape index (κ1) is 15.4. The van der Waals surface area contributed by atoms with Gasteiger partial charge in [0.2, 0.25) is 5.91 Å². The van der Waals surface area contributed by atoms with Gasteiger partial charge in [-0.15, -0.1) is 0 Å². The monoisotopic (exact) mass is 256 g/mol. The summed E-state index contributed by atoms with van der Waals surface area (Å²) in [6.07, 6.45) is 2.26.